The molecule has 0 aliphatic heterocycles. The standard InChI is InChI=1S/C20H31NO4/c1-18(2,3)14-11-9-13(10-12-14)15(20(7,8)16(22)23)21-17(24)25-19(4,5)6/h9-12,15H,1-8H3,(H,21,24)(H,22,23)/t15-/m1/s1. The van der Waals surface area contributed by atoms with Crippen molar-refractivity contribution in [2.75, 3.05) is 0 Å². The van der Waals surface area contributed by atoms with Crippen LogP contribution in [0.15, 0.2) is 24.3 Å². The van der Waals surface area contributed by atoms with Crippen LogP contribution in [0.25, 0.3) is 0 Å². The van der Waals surface area contributed by atoms with Crippen LogP contribution in [0.4, 0.5) is 4.79 Å². The molecule has 2 N–H and O–H groups in total. The van der Waals surface area contributed by atoms with Crippen molar-refractivity contribution in [1.29, 1.82) is 0 Å². The minimum atomic E-state index is -1.19. The van der Waals surface area contributed by atoms with Crippen molar-refractivity contribution in [3.63, 3.8) is 0 Å². The minimum absolute atomic E-state index is 0.00502. The van der Waals surface area contributed by atoms with E-state index in [9.17, 15) is 14.7 Å². The number of ether oxygens (including phenoxy) is 1. The fraction of sp³-hybridized carbons (Fsp3) is 0.600. The number of hydrogen-bond donors (Lipinski definition) is 2. The van der Waals surface area contributed by atoms with Crippen LogP contribution in [-0.2, 0) is 14.9 Å². The fourth-order valence-electron chi connectivity index (χ4n) is 2.40. The quantitative estimate of drug-likeness (QED) is 0.829. The van der Waals surface area contributed by atoms with Crippen LogP contribution >= 0.6 is 0 Å². The Morgan fingerprint density at radius 3 is 1.80 bits per heavy atom. The molecule has 0 saturated heterocycles. The van der Waals surface area contributed by atoms with E-state index in [2.05, 4.69) is 26.1 Å². The molecule has 0 radical (unpaired) electrons. The Morgan fingerprint density at radius 2 is 1.44 bits per heavy atom. The van der Waals surface area contributed by atoms with Crippen molar-refractivity contribution >= 4 is 12.1 Å². The van der Waals surface area contributed by atoms with Crippen molar-refractivity contribution in [2.45, 2.75) is 72.4 Å². The third-order valence-corrected chi connectivity index (χ3v) is 4.04. The third-order valence-electron chi connectivity index (χ3n) is 4.04. The predicted molar refractivity (Wildman–Crippen MR) is 98.7 cm³/mol. The summed E-state index contributed by atoms with van der Waals surface area (Å²) < 4.78 is 5.30. The molecule has 1 aromatic rings. The van der Waals surface area contributed by atoms with Gasteiger partial charge in [-0.1, -0.05) is 45.0 Å². The topological polar surface area (TPSA) is 75.6 Å². The Bertz CT molecular complexity index is 619. The number of benzene rings is 1. The largest absolute Gasteiger partial charge is 0.481 e. The highest BCUT2D eigenvalue weighted by atomic mass is 16.6. The van der Waals surface area contributed by atoms with Crippen molar-refractivity contribution < 1.29 is 19.4 Å². The van der Waals surface area contributed by atoms with E-state index in [1.54, 1.807) is 34.6 Å². The summed E-state index contributed by atoms with van der Waals surface area (Å²) in [5.74, 6) is -0.992. The van der Waals surface area contributed by atoms with Crippen LogP contribution in [0.5, 0.6) is 0 Å². The van der Waals surface area contributed by atoms with E-state index in [-0.39, 0.29) is 5.41 Å². The molecule has 0 spiro atoms. The van der Waals surface area contributed by atoms with E-state index >= 15 is 0 Å². The maximum absolute atomic E-state index is 12.2. The lowest BCUT2D eigenvalue weighted by Gasteiger charge is -2.33. The van der Waals surface area contributed by atoms with Gasteiger partial charge >= 0.3 is 12.1 Å². The number of carboxylic acid groups (broad SMARTS) is 1. The summed E-state index contributed by atoms with van der Waals surface area (Å²) in [7, 11) is 0. The maximum atomic E-state index is 12.2. The van der Waals surface area contributed by atoms with E-state index in [1.165, 1.54) is 0 Å². The number of aliphatic carboxylic acids is 1. The molecule has 0 aromatic heterocycles. The number of carbonyl (C=O) groups excluding carboxylic acids is 1. The van der Waals surface area contributed by atoms with Crippen LogP contribution in [0.1, 0.15) is 72.6 Å². The number of hydrogen-bond acceptors (Lipinski definition) is 3. The number of carboxylic acids is 1. The molecule has 1 aromatic carbocycles. The monoisotopic (exact) mass is 349 g/mol. The second-order valence-corrected chi connectivity index (χ2v) is 8.98. The van der Waals surface area contributed by atoms with Gasteiger partial charge in [0.2, 0.25) is 0 Å². The van der Waals surface area contributed by atoms with Gasteiger partial charge in [0.05, 0.1) is 11.5 Å². The molecule has 25 heavy (non-hydrogen) atoms. The van der Waals surface area contributed by atoms with E-state index in [0.29, 0.717) is 0 Å². The zero-order valence-corrected chi connectivity index (χ0v) is 16.6. The molecular weight excluding hydrogens is 318 g/mol. The van der Waals surface area contributed by atoms with Gasteiger partial charge in [-0.3, -0.25) is 4.79 Å². The first-order chi connectivity index (χ1) is 11.1. The van der Waals surface area contributed by atoms with Gasteiger partial charge < -0.3 is 15.2 Å². The Hall–Kier alpha value is -2.04. The average molecular weight is 349 g/mol. The first-order valence-electron chi connectivity index (χ1n) is 8.48. The molecule has 0 saturated carbocycles. The lowest BCUT2D eigenvalue weighted by molar-refractivity contribution is -0.148. The van der Waals surface area contributed by atoms with Gasteiger partial charge in [-0.05, 0) is 51.2 Å². The van der Waals surface area contributed by atoms with Gasteiger partial charge in [-0.25, -0.2) is 4.79 Å². The highest BCUT2D eigenvalue weighted by Gasteiger charge is 2.39. The summed E-state index contributed by atoms with van der Waals surface area (Å²) in [4.78, 5) is 23.9. The second-order valence-electron chi connectivity index (χ2n) is 8.98. The Labute approximate surface area is 150 Å². The zero-order chi connectivity index (χ0) is 19.6. The molecular formula is C20H31NO4. The molecule has 0 aliphatic carbocycles. The molecule has 0 heterocycles. The molecule has 1 rings (SSSR count). The van der Waals surface area contributed by atoms with Gasteiger partial charge in [0.1, 0.15) is 5.60 Å². The SMILES string of the molecule is CC(C)(C)OC(=O)N[C@H](c1ccc(C(C)(C)C)cc1)C(C)(C)C(=O)O. The summed E-state index contributed by atoms with van der Waals surface area (Å²) in [6.07, 6.45) is -0.633. The smallest absolute Gasteiger partial charge is 0.408 e. The number of carbonyl (C=O) groups is 2. The van der Waals surface area contributed by atoms with Crippen molar-refractivity contribution in [2.24, 2.45) is 5.41 Å². The molecule has 1 atom stereocenters. The number of amides is 1. The van der Waals surface area contributed by atoms with Crippen LogP contribution in [0.3, 0.4) is 0 Å². The average Bonchev–Trinajstić information content (AvgIpc) is 2.41. The number of nitrogens with one attached hydrogen (secondary N) is 1. The van der Waals surface area contributed by atoms with Crippen molar-refractivity contribution in [3.05, 3.63) is 35.4 Å². The number of rotatable bonds is 4. The minimum Gasteiger partial charge on any atom is -0.481 e. The zero-order valence-electron chi connectivity index (χ0n) is 16.6. The van der Waals surface area contributed by atoms with E-state index < -0.39 is 29.1 Å². The molecule has 140 valence electrons. The summed E-state index contributed by atoms with van der Waals surface area (Å²) in [6.45, 7) is 14.8. The molecule has 5 heteroatoms. The van der Waals surface area contributed by atoms with Crippen LogP contribution < -0.4 is 5.32 Å². The summed E-state index contributed by atoms with van der Waals surface area (Å²) in [5.41, 5.74) is 0.0133. The molecule has 5 nitrogen and oxygen atoms in total. The predicted octanol–water partition coefficient (Wildman–Crippen LogP) is 4.66. The Kier molecular flexibility index (Phi) is 5.93. The number of alkyl carbamates (subject to hydrolysis) is 1. The maximum Gasteiger partial charge on any atom is 0.408 e. The molecule has 0 fully saturated rings. The van der Waals surface area contributed by atoms with Crippen LogP contribution in [-0.4, -0.2) is 22.8 Å². The molecule has 0 bridgehead atoms. The summed E-state index contributed by atoms with van der Waals surface area (Å²) in [5, 5.41) is 12.3. The normalized spacial score (nSPS) is 13.9. The summed E-state index contributed by atoms with van der Waals surface area (Å²) in [6, 6.07) is 6.96. The highest BCUT2D eigenvalue weighted by molar-refractivity contribution is 5.77. The first kappa shape index (κ1) is 21.0. The van der Waals surface area contributed by atoms with Crippen LogP contribution in [0, 0.1) is 5.41 Å². The van der Waals surface area contributed by atoms with Crippen LogP contribution in [0.2, 0.25) is 0 Å². The Morgan fingerprint density at radius 1 is 0.960 bits per heavy atom. The second kappa shape index (κ2) is 7.06. The molecule has 0 unspecified atom stereocenters. The van der Waals surface area contributed by atoms with Gasteiger partial charge in [0.15, 0.2) is 0 Å². The lowest BCUT2D eigenvalue weighted by atomic mass is 9.79. The van der Waals surface area contributed by atoms with Crippen molar-refractivity contribution in [1.82, 2.24) is 5.32 Å². The fourth-order valence-corrected chi connectivity index (χ4v) is 2.40. The summed E-state index contributed by atoms with van der Waals surface area (Å²) >= 11 is 0. The van der Waals surface area contributed by atoms with Gasteiger partial charge in [0.25, 0.3) is 0 Å². The molecule has 1 amide bonds. The van der Waals surface area contributed by atoms with Crippen molar-refractivity contribution in [3.8, 4) is 0 Å². The van der Waals surface area contributed by atoms with E-state index in [4.69, 9.17) is 4.74 Å². The van der Waals surface area contributed by atoms with E-state index in [0.717, 1.165) is 11.1 Å². The lowest BCUT2D eigenvalue weighted by Crippen LogP contribution is -2.44. The first-order valence-corrected chi connectivity index (χ1v) is 8.48. The van der Waals surface area contributed by atoms with Gasteiger partial charge in [-0.2, -0.15) is 0 Å². The van der Waals surface area contributed by atoms with Gasteiger partial charge in [-0.15, -0.1) is 0 Å². The van der Waals surface area contributed by atoms with Gasteiger partial charge in [0, 0.05) is 0 Å². The van der Waals surface area contributed by atoms with E-state index in [1.807, 2.05) is 24.3 Å². The molecule has 0 aliphatic rings. The highest BCUT2D eigenvalue weighted by Crippen LogP contribution is 2.35. The third kappa shape index (κ3) is 5.76. The Balaban J connectivity index is 3.20.